The van der Waals surface area contributed by atoms with Gasteiger partial charge < -0.3 is 14.7 Å². The van der Waals surface area contributed by atoms with Gasteiger partial charge in [-0.25, -0.2) is 4.98 Å². The van der Waals surface area contributed by atoms with Crippen molar-refractivity contribution in [2.24, 2.45) is 5.92 Å². The van der Waals surface area contributed by atoms with Gasteiger partial charge in [-0.05, 0) is 62.1 Å². The summed E-state index contributed by atoms with van der Waals surface area (Å²) in [6.07, 6.45) is 8.57. The third kappa shape index (κ3) is 5.12. The number of thiazole rings is 1. The van der Waals surface area contributed by atoms with Gasteiger partial charge in [-0.15, -0.1) is 11.3 Å². The molecule has 1 fully saturated rings. The van der Waals surface area contributed by atoms with E-state index in [1.54, 1.807) is 11.3 Å². The number of fused-ring (bicyclic) bond motifs is 1. The topological polar surface area (TPSA) is 62.7 Å². The van der Waals surface area contributed by atoms with Crippen molar-refractivity contribution in [1.29, 1.82) is 0 Å². The van der Waals surface area contributed by atoms with Crippen LogP contribution < -0.4 is 9.64 Å². The van der Waals surface area contributed by atoms with E-state index in [1.807, 2.05) is 18.2 Å². The zero-order valence-electron chi connectivity index (χ0n) is 18.5. The monoisotopic (exact) mass is 440 g/mol. The van der Waals surface area contributed by atoms with E-state index >= 15 is 0 Å². The number of aromatic nitrogens is 1. The Labute approximate surface area is 188 Å². The largest absolute Gasteiger partial charge is 0.493 e. The molecule has 31 heavy (non-hydrogen) atoms. The zero-order valence-corrected chi connectivity index (χ0v) is 19.3. The Morgan fingerprint density at radius 1 is 1.32 bits per heavy atom. The molecule has 2 aromatic rings. The summed E-state index contributed by atoms with van der Waals surface area (Å²) < 4.78 is 6.23. The van der Waals surface area contributed by atoms with Gasteiger partial charge in [0.2, 0.25) is 0 Å². The number of nitrogens with zero attached hydrogens (tertiary/aromatic N) is 2. The number of allylic oxidation sites excluding steroid dienone is 1. The second-order valence-corrected chi connectivity index (χ2v) is 9.81. The molecule has 0 spiro atoms. The summed E-state index contributed by atoms with van der Waals surface area (Å²) in [4.78, 5) is 19.7. The van der Waals surface area contributed by atoms with Crippen molar-refractivity contribution in [1.82, 2.24) is 4.98 Å². The van der Waals surface area contributed by atoms with Crippen molar-refractivity contribution < 1.29 is 14.6 Å². The molecule has 2 aliphatic rings. The Kier molecular flexibility index (Phi) is 6.96. The molecule has 1 N–H and O–H groups in total. The number of hydrogen-bond donors (Lipinski definition) is 1. The Hall–Kier alpha value is -2.34. The van der Waals surface area contributed by atoms with Crippen LogP contribution >= 0.6 is 11.3 Å². The molecule has 6 heteroatoms. The number of anilines is 1. The van der Waals surface area contributed by atoms with Crippen LogP contribution in [0.1, 0.15) is 60.7 Å². The van der Waals surface area contributed by atoms with Crippen molar-refractivity contribution in [2.75, 3.05) is 24.6 Å². The first-order valence-corrected chi connectivity index (χ1v) is 12.2. The van der Waals surface area contributed by atoms with Gasteiger partial charge in [-0.2, -0.15) is 0 Å². The smallest absolute Gasteiger partial charge is 0.307 e. The number of ether oxygens (including phenoxy) is 1. The van der Waals surface area contributed by atoms with E-state index in [4.69, 9.17) is 14.8 Å². The SMILES string of the molecule is Cc1sc(N2CCCCC2)nc1CCOc1cccc2c1CCC(C)/C2=C/CC(=O)O. The van der Waals surface area contributed by atoms with Gasteiger partial charge in [-0.1, -0.05) is 25.1 Å². The minimum atomic E-state index is -0.790. The molecule has 5 nitrogen and oxygen atoms in total. The lowest BCUT2D eigenvalue weighted by Crippen LogP contribution is -2.29. The molecule has 0 amide bonds. The standard InChI is InChI=1S/C25H32N2O3S/c1-17-9-10-21-20(19(17)11-12-24(28)29)7-6-8-23(21)30-16-13-22-18(2)31-25(26-22)27-14-4-3-5-15-27/h6-8,11,17H,3-5,9-10,12-16H2,1-2H3,(H,28,29)/b19-11-. The third-order valence-electron chi connectivity index (χ3n) is 6.40. The molecule has 166 valence electrons. The molecule has 0 saturated carbocycles. The van der Waals surface area contributed by atoms with Crippen LogP contribution in [0.25, 0.3) is 5.57 Å². The minimum Gasteiger partial charge on any atom is -0.493 e. The molecule has 1 aliphatic heterocycles. The van der Waals surface area contributed by atoms with Crippen molar-refractivity contribution in [3.05, 3.63) is 46.0 Å². The second-order valence-electron chi connectivity index (χ2n) is 8.62. The average molecular weight is 441 g/mol. The number of piperidine rings is 1. The Balaban J connectivity index is 1.44. The third-order valence-corrected chi connectivity index (χ3v) is 7.48. The van der Waals surface area contributed by atoms with E-state index in [1.165, 1.54) is 29.7 Å². The number of aryl methyl sites for hydroxylation is 1. The second kappa shape index (κ2) is 9.86. The van der Waals surface area contributed by atoms with Gasteiger partial charge in [0, 0.05) is 30.0 Å². The van der Waals surface area contributed by atoms with E-state index in [0.29, 0.717) is 12.5 Å². The number of carboxylic acids is 1. The molecular formula is C25H32N2O3S. The van der Waals surface area contributed by atoms with Crippen molar-refractivity contribution >= 4 is 28.0 Å². The normalized spacial score (nSPS) is 20.0. The van der Waals surface area contributed by atoms with Crippen molar-refractivity contribution in [2.45, 2.75) is 58.8 Å². The van der Waals surface area contributed by atoms with Crippen LogP contribution in [-0.4, -0.2) is 35.8 Å². The molecule has 0 bridgehead atoms. The number of carbonyl (C=O) groups is 1. The summed E-state index contributed by atoms with van der Waals surface area (Å²) in [6, 6.07) is 6.15. The molecule has 1 unspecified atom stereocenters. The maximum atomic E-state index is 11.1. The Morgan fingerprint density at radius 2 is 2.13 bits per heavy atom. The zero-order chi connectivity index (χ0) is 21.8. The maximum Gasteiger partial charge on any atom is 0.307 e. The van der Waals surface area contributed by atoms with Crippen LogP contribution in [0.4, 0.5) is 5.13 Å². The van der Waals surface area contributed by atoms with Crippen LogP contribution in [0.5, 0.6) is 5.75 Å². The number of carboxylic acid groups (broad SMARTS) is 1. The van der Waals surface area contributed by atoms with E-state index in [-0.39, 0.29) is 6.42 Å². The van der Waals surface area contributed by atoms with E-state index in [0.717, 1.165) is 60.1 Å². The molecule has 1 aliphatic carbocycles. The Bertz CT molecular complexity index is 960. The highest BCUT2D eigenvalue weighted by Crippen LogP contribution is 2.39. The molecule has 1 aromatic heterocycles. The van der Waals surface area contributed by atoms with Gasteiger partial charge in [0.05, 0.1) is 18.7 Å². The fourth-order valence-electron chi connectivity index (χ4n) is 4.64. The highest BCUT2D eigenvalue weighted by atomic mass is 32.1. The highest BCUT2D eigenvalue weighted by Gasteiger charge is 2.23. The van der Waals surface area contributed by atoms with Gasteiger partial charge in [0.15, 0.2) is 5.13 Å². The van der Waals surface area contributed by atoms with Gasteiger partial charge >= 0.3 is 5.97 Å². The highest BCUT2D eigenvalue weighted by molar-refractivity contribution is 7.15. The number of benzene rings is 1. The number of hydrogen-bond acceptors (Lipinski definition) is 5. The summed E-state index contributed by atoms with van der Waals surface area (Å²) in [5, 5.41) is 10.2. The maximum absolute atomic E-state index is 11.1. The van der Waals surface area contributed by atoms with Gasteiger partial charge in [0.1, 0.15) is 5.75 Å². The summed E-state index contributed by atoms with van der Waals surface area (Å²) in [6.45, 7) is 7.18. The molecular weight excluding hydrogens is 408 g/mol. The van der Waals surface area contributed by atoms with Crippen LogP contribution in [-0.2, 0) is 17.6 Å². The summed E-state index contributed by atoms with van der Waals surface area (Å²) >= 11 is 1.80. The molecule has 4 rings (SSSR count). The predicted octanol–water partition coefficient (Wildman–Crippen LogP) is 5.50. The van der Waals surface area contributed by atoms with Gasteiger partial charge in [0.25, 0.3) is 0 Å². The molecule has 1 saturated heterocycles. The summed E-state index contributed by atoms with van der Waals surface area (Å²) in [5.41, 5.74) is 4.64. The van der Waals surface area contributed by atoms with E-state index < -0.39 is 5.97 Å². The van der Waals surface area contributed by atoms with E-state index in [2.05, 4.69) is 24.8 Å². The molecule has 0 radical (unpaired) electrons. The van der Waals surface area contributed by atoms with Crippen LogP contribution in [0.2, 0.25) is 0 Å². The first kappa shape index (κ1) is 21.9. The molecule has 1 aromatic carbocycles. The summed E-state index contributed by atoms with van der Waals surface area (Å²) in [5.74, 6) is 0.504. The number of aliphatic carboxylic acids is 1. The van der Waals surface area contributed by atoms with Crippen LogP contribution in [0, 0.1) is 12.8 Å². The quantitative estimate of drug-likeness (QED) is 0.616. The van der Waals surface area contributed by atoms with Crippen LogP contribution in [0.3, 0.4) is 0 Å². The minimum absolute atomic E-state index is 0.0622. The summed E-state index contributed by atoms with van der Waals surface area (Å²) in [7, 11) is 0. The predicted molar refractivity (Wildman–Crippen MR) is 126 cm³/mol. The fraction of sp³-hybridized carbons (Fsp3) is 0.520. The first-order valence-electron chi connectivity index (χ1n) is 11.4. The fourth-order valence-corrected chi connectivity index (χ4v) is 5.65. The van der Waals surface area contributed by atoms with Crippen LogP contribution in [0.15, 0.2) is 24.3 Å². The molecule has 2 heterocycles. The lowest BCUT2D eigenvalue weighted by Gasteiger charge is -2.27. The number of rotatable bonds is 7. The average Bonchev–Trinajstić information content (AvgIpc) is 3.14. The van der Waals surface area contributed by atoms with E-state index in [9.17, 15) is 4.79 Å². The first-order chi connectivity index (χ1) is 15.0. The lowest BCUT2D eigenvalue weighted by atomic mass is 9.79. The van der Waals surface area contributed by atoms with Gasteiger partial charge in [-0.3, -0.25) is 4.79 Å². The van der Waals surface area contributed by atoms with Crippen molar-refractivity contribution in [3.63, 3.8) is 0 Å². The Morgan fingerprint density at radius 3 is 2.90 bits per heavy atom. The molecule has 1 atom stereocenters. The van der Waals surface area contributed by atoms with Crippen molar-refractivity contribution in [3.8, 4) is 5.75 Å². The lowest BCUT2D eigenvalue weighted by molar-refractivity contribution is -0.136.